The molecule has 0 aliphatic rings. The molecule has 0 aliphatic heterocycles. The van der Waals surface area contributed by atoms with Gasteiger partial charge in [0.15, 0.2) is 0 Å². The Balaban J connectivity index is 1.87. The summed E-state index contributed by atoms with van der Waals surface area (Å²) >= 11 is 0. The first kappa shape index (κ1) is 14.3. The number of benzene rings is 2. The fourth-order valence-electron chi connectivity index (χ4n) is 1.66. The van der Waals surface area contributed by atoms with E-state index in [1.54, 1.807) is 6.21 Å². The summed E-state index contributed by atoms with van der Waals surface area (Å²) in [5, 5.41) is 4.21. The van der Waals surface area contributed by atoms with Gasteiger partial charge in [0.05, 0.1) is 24.6 Å². The van der Waals surface area contributed by atoms with Crippen molar-refractivity contribution in [1.82, 2.24) is 0 Å². The van der Waals surface area contributed by atoms with Gasteiger partial charge in [-0.15, -0.1) is 0 Å². The minimum atomic E-state index is 0.256. The third kappa shape index (κ3) is 4.86. The van der Waals surface area contributed by atoms with Crippen molar-refractivity contribution in [2.75, 3.05) is 5.43 Å². The molecule has 2 rings (SSSR count). The third-order valence-corrected chi connectivity index (χ3v) is 2.74. The van der Waals surface area contributed by atoms with Crippen LogP contribution in [0.5, 0.6) is 0 Å². The van der Waals surface area contributed by atoms with Gasteiger partial charge < -0.3 is 4.74 Å². The Hall–Kier alpha value is -2.13. The summed E-state index contributed by atoms with van der Waals surface area (Å²) in [4.78, 5) is 0. The monoisotopic (exact) mass is 268 g/mol. The molecular weight excluding hydrogens is 248 g/mol. The number of rotatable bonds is 6. The van der Waals surface area contributed by atoms with Crippen LogP contribution < -0.4 is 5.43 Å². The van der Waals surface area contributed by atoms with Gasteiger partial charge in [-0.3, -0.25) is 5.43 Å². The number of para-hydroxylation sites is 1. The first-order valence-corrected chi connectivity index (χ1v) is 6.79. The predicted molar refractivity (Wildman–Crippen MR) is 84.0 cm³/mol. The van der Waals surface area contributed by atoms with Crippen molar-refractivity contribution in [3.05, 3.63) is 65.7 Å². The highest BCUT2D eigenvalue weighted by Crippen LogP contribution is 2.07. The minimum absolute atomic E-state index is 0.256. The summed E-state index contributed by atoms with van der Waals surface area (Å²) in [6.07, 6.45) is 2.06. The maximum atomic E-state index is 5.56. The lowest BCUT2D eigenvalue weighted by molar-refractivity contribution is 0.0657. The molecule has 0 unspecified atom stereocenters. The van der Waals surface area contributed by atoms with Gasteiger partial charge in [0.1, 0.15) is 0 Å². The largest absolute Gasteiger partial charge is 0.374 e. The fourth-order valence-corrected chi connectivity index (χ4v) is 1.66. The van der Waals surface area contributed by atoms with Gasteiger partial charge in [-0.2, -0.15) is 5.10 Å². The van der Waals surface area contributed by atoms with E-state index in [0.717, 1.165) is 11.3 Å². The van der Waals surface area contributed by atoms with Crippen LogP contribution in [0.4, 0.5) is 5.69 Å². The van der Waals surface area contributed by atoms with Gasteiger partial charge in [0, 0.05) is 0 Å². The van der Waals surface area contributed by atoms with Gasteiger partial charge >= 0.3 is 0 Å². The number of hydrogen-bond acceptors (Lipinski definition) is 3. The quantitative estimate of drug-likeness (QED) is 0.633. The molecule has 0 saturated carbocycles. The van der Waals surface area contributed by atoms with E-state index in [0.29, 0.717) is 6.61 Å². The maximum Gasteiger partial charge on any atom is 0.0720 e. The fraction of sp³-hybridized carbons (Fsp3) is 0.235. The van der Waals surface area contributed by atoms with Crippen LogP contribution in [-0.4, -0.2) is 12.3 Å². The Kier molecular flexibility index (Phi) is 5.33. The average molecular weight is 268 g/mol. The molecule has 0 saturated heterocycles. The van der Waals surface area contributed by atoms with E-state index in [9.17, 15) is 0 Å². The summed E-state index contributed by atoms with van der Waals surface area (Å²) in [5.74, 6) is 0. The topological polar surface area (TPSA) is 33.6 Å². The molecule has 20 heavy (non-hydrogen) atoms. The van der Waals surface area contributed by atoms with E-state index in [-0.39, 0.29) is 6.10 Å². The van der Waals surface area contributed by atoms with Gasteiger partial charge in [-0.05, 0) is 37.1 Å². The van der Waals surface area contributed by atoms with Crippen molar-refractivity contribution < 1.29 is 4.74 Å². The number of hydrogen-bond donors (Lipinski definition) is 1. The molecule has 3 nitrogen and oxygen atoms in total. The van der Waals surface area contributed by atoms with E-state index in [2.05, 4.69) is 22.7 Å². The third-order valence-electron chi connectivity index (χ3n) is 2.74. The first-order valence-electron chi connectivity index (χ1n) is 6.79. The lowest BCUT2D eigenvalue weighted by Crippen LogP contribution is -2.02. The molecule has 3 heteroatoms. The molecule has 2 aromatic carbocycles. The molecule has 0 spiro atoms. The van der Waals surface area contributed by atoms with Crippen LogP contribution >= 0.6 is 0 Å². The lowest BCUT2D eigenvalue weighted by atomic mass is 10.1. The van der Waals surface area contributed by atoms with Crippen LogP contribution in [0.3, 0.4) is 0 Å². The number of nitrogens with zero attached hydrogens (tertiary/aromatic N) is 1. The molecular formula is C17H20N2O. The standard InChI is InChI=1S/C17H20N2O/c1-14(2)20-13-16-10-8-15(9-11-16)12-18-19-17-6-4-3-5-7-17/h3-12,14,19H,13H2,1-2H3. The number of ether oxygens (including phenoxy) is 1. The van der Waals surface area contributed by atoms with Crippen LogP contribution in [0, 0.1) is 0 Å². The zero-order valence-corrected chi connectivity index (χ0v) is 11.9. The SMILES string of the molecule is CC(C)OCc1ccc(C=NNc2ccccc2)cc1. The maximum absolute atomic E-state index is 5.56. The van der Waals surface area contributed by atoms with Crippen molar-refractivity contribution in [2.45, 2.75) is 26.6 Å². The second-order valence-electron chi connectivity index (χ2n) is 4.84. The molecule has 0 fully saturated rings. The van der Waals surface area contributed by atoms with Gasteiger partial charge in [-0.25, -0.2) is 0 Å². The van der Waals surface area contributed by atoms with E-state index >= 15 is 0 Å². The van der Waals surface area contributed by atoms with Crippen LogP contribution in [0.15, 0.2) is 59.7 Å². The molecule has 0 aromatic heterocycles. The molecule has 104 valence electrons. The first-order chi connectivity index (χ1) is 9.74. The minimum Gasteiger partial charge on any atom is -0.374 e. The summed E-state index contributed by atoms with van der Waals surface area (Å²) in [6.45, 7) is 4.73. The number of anilines is 1. The second kappa shape index (κ2) is 7.46. The van der Waals surface area contributed by atoms with E-state index in [4.69, 9.17) is 4.74 Å². The molecule has 0 bridgehead atoms. The smallest absolute Gasteiger partial charge is 0.0720 e. The highest BCUT2D eigenvalue weighted by Gasteiger charge is 1.96. The molecule has 0 aliphatic carbocycles. The Morgan fingerprint density at radius 3 is 2.40 bits per heavy atom. The molecule has 2 aromatic rings. The van der Waals surface area contributed by atoms with Crippen molar-refractivity contribution in [3.63, 3.8) is 0 Å². The lowest BCUT2D eigenvalue weighted by Gasteiger charge is -2.07. The highest BCUT2D eigenvalue weighted by molar-refractivity contribution is 5.80. The molecule has 0 amide bonds. The van der Waals surface area contributed by atoms with Gasteiger partial charge in [0.2, 0.25) is 0 Å². The zero-order valence-electron chi connectivity index (χ0n) is 11.9. The van der Waals surface area contributed by atoms with E-state index in [1.165, 1.54) is 5.56 Å². The predicted octanol–water partition coefficient (Wildman–Crippen LogP) is 4.06. The Morgan fingerprint density at radius 1 is 1.05 bits per heavy atom. The van der Waals surface area contributed by atoms with E-state index in [1.807, 2.05) is 56.3 Å². The Labute approximate surface area is 120 Å². The molecule has 0 heterocycles. The van der Waals surface area contributed by atoms with Crippen LogP contribution in [0.25, 0.3) is 0 Å². The summed E-state index contributed by atoms with van der Waals surface area (Å²) in [7, 11) is 0. The Bertz CT molecular complexity index is 533. The number of hydrazone groups is 1. The summed E-state index contributed by atoms with van der Waals surface area (Å²) < 4.78 is 5.56. The molecule has 1 N–H and O–H groups in total. The average Bonchev–Trinajstić information content (AvgIpc) is 2.47. The zero-order chi connectivity index (χ0) is 14.2. The van der Waals surface area contributed by atoms with E-state index < -0.39 is 0 Å². The van der Waals surface area contributed by atoms with Crippen molar-refractivity contribution in [1.29, 1.82) is 0 Å². The highest BCUT2D eigenvalue weighted by atomic mass is 16.5. The van der Waals surface area contributed by atoms with Crippen molar-refractivity contribution in [2.24, 2.45) is 5.10 Å². The molecule has 0 atom stereocenters. The van der Waals surface area contributed by atoms with Gasteiger partial charge in [-0.1, -0.05) is 42.5 Å². The second-order valence-corrected chi connectivity index (χ2v) is 4.84. The van der Waals surface area contributed by atoms with Crippen LogP contribution in [-0.2, 0) is 11.3 Å². The summed E-state index contributed by atoms with van der Waals surface area (Å²) in [6, 6.07) is 18.1. The summed E-state index contributed by atoms with van der Waals surface area (Å²) in [5.41, 5.74) is 6.20. The van der Waals surface area contributed by atoms with Crippen LogP contribution in [0.1, 0.15) is 25.0 Å². The Morgan fingerprint density at radius 2 is 1.75 bits per heavy atom. The normalized spacial score (nSPS) is 11.2. The van der Waals surface area contributed by atoms with Crippen molar-refractivity contribution in [3.8, 4) is 0 Å². The van der Waals surface area contributed by atoms with Crippen molar-refractivity contribution >= 4 is 11.9 Å². The van der Waals surface area contributed by atoms with Crippen LogP contribution in [0.2, 0.25) is 0 Å². The van der Waals surface area contributed by atoms with Gasteiger partial charge in [0.25, 0.3) is 0 Å². The molecule has 0 radical (unpaired) electrons. The number of nitrogens with one attached hydrogen (secondary N) is 1.